The zero-order valence-corrected chi connectivity index (χ0v) is 18.2. The van der Waals surface area contributed by atoms with Gasteiger partial charge in [0.05, 0.1) is 18.8 Å². The molecule has 1 saturated heterocycles. The molecule has 0 bridgehead atoms. The van der Waals surface area contributed by atoms with Crippen molar-refractivity contribution < 1.29 is 13.9 Å². The fraction of sp³-hybridized carbons (Fsp3) is 0.280. The molecule has 5 rings (SSSR count). The van der Waals surface area contributed by atoms with Crippen LogP contribution in [0.5, 0.6) is 5.75 Å². The summed E-state index contributed by atoms with van der Waals surface area (Å²) in [5, 5.41) is 5.04. The number of benzene rings is 2. The number of ether oxygens (including phenoxy) is 1. The number of fused-ring (bicyclic) bond motifs is 3. The van der Waals surface area contributed by atoms with Crippen molar-refractivity contribution in [3.8, 4) is 5.75 Å². The smallest absolute Gasteiger partial charge is 0.241 e. The van der Waals surface area contributed by atoms with Crippen LogP contribution in [0.3, 0.4) is 0 Å². The highest BCUT2D eigenvalue weighted by Crippen LogP contribution is 2.36. The molecule has 0 saturated carbocycles. The molecule has 1 aliphatic rings. The molecular formula is C25H26N4O3. The lowest BCUT2D eigenvalue weighted by molar-refractivity contribution is -0.120. The van der Waals surface area contributed by atoms with E-state index >= 15 is 0 Å². The van der Waals surface area contributed by atoms with Gasteiger partial charge in [-0.15, -0.1) is 0 Å². The van der Waals surface area contributed by atoms with Crippen molar-refractivity contribution in [1.82, 2.24) is 9.88 Å². The number of aromatic nitrogens is 1. The summed E-state index contributed by atoms with van der Waals surface area (Å²) in [6.45, 7) is 5.21. The number of para-hydroxylation sites is 1. The van der Waals surface area contributed by atoms with Gasteiger partial charge in [-0.1, -0.05) is 24.3 Å². The molecule has 0 spiro atoms. The van der Waals surface area contributed by atoms with Gasteiger partial charge in [0.15, 0.2) is 0 Å². The third kappa shape index (κ3) is 3.76. The number of hydrogen-bond acceptors (Lipinski definition) is 6. The lowest BCUT2D eigenvalue weighted by atomic mass is 10.1. The van der Waals surface area contributed by atoms with Gasteiger partial charge in [-0.05, 0) is 31.2 Å². The quantitative estimate of drug-likeness (QED) is 0.513. The Kier molecular flexibility index (Phi) is 5.41. The van der Waals surface area contributed by atoms with Gasteiger partial charge < -0.3 is 19.4 Å². The van der Waals surface area contributed by atoms with Gasteiger partial charge in [-0.3, -0.25) is 9.69 Å². The van der Waals surface area contributed by atoms with Crippen LogP contribution in [0.4, 0.5) is 11.5 Å². The number of furan rings is 1. The number of rotatable bonds is 5. The van der Waals surface area contributed by atoms with Crippen molar-refractivity contribution in [3.05, 3.63) is 60.8 Å². The number of nitrogens with zero attached hydrogens (tertiary/aromatic N) is 3. The minimum absolute atomic E-state index is 0.0648. The second kappa shape index (κ2) is 8.51. The first-order valence-corrected chi connectivity index (χ1v) is 10.8. The molecule has 2 aromatic heterocycles. The number of pyridine rings is 1. The van der Waals surface area contributed by atoms with E-state index in [1.807, 2.05) is 67.7 Å². The lowest BCUT2D eigenvalue weighted by Crippen LogP contribution is -2.53. The first-order valence-electron chi connectivity index (χ1n) is 10.8. The molecule has 1 aliphatic heterocycles. The molecule has 7 heteroatoms. The summed E-state index contributed by atoms with van der Waals surface area (Å²) in [6, 6.07) is 17.3. The van der Waals surface area contributed by atoms with Gasteiger partial charge in [0.25, 0.3) is 0 Å². The average molecular weight is 431 g/mol. The van der Waals surface area contributed by atoms with E-state index in [1.165, 1.54) is 0 Å². The van der Waals surface area contributed by atoms with E-state index in [0.717, 1.165) is 53.9 Å². The van der Waals surface area contributed by atoms with Gasteiger partial charge in [0.1, 0.15) is 22.7 Å². The Labute approximate surface area is 186 Å². The van der Waals surface area contributed by atoms with Crippen molar-refractivity contribution >= 4 is 39.4 Å². The van der Waals surface area contributed by atoms with Crippen LogP contribution in [0.2, 0.25) is 0 Å². The zero-order valence-electron chi connectivity index (χ0n) is 18.2. The van der Waals surface area contributed by atoms with E-state index in [1.54, 1.807) is 7.11 Å². The van der Waals surface area contributed by atoms with Crippen LogP contribution >= 0.6 is 0 Å². The first kappa shape index (κ1) is 20.3. The maximum absolute atomic E-state index is 13.1. The molecule has 3 heterocycles. The number of methoxy groups -OCH3 is 1. The molecular weight excluding hydrogens is 404 g/mol. The predicted octanol–water partition coefficient (Wildman–Crippen LogP) is 4.14. The third-order valence-corrected chi connectivity index (χ3v) is 6.17. The highest BCUT2D eigenvalue weighted by molar-refractivity contribution is 6.08. The number of amides is 1. The fourth-order valence-corrected chi connectivity index (χ4v) is 4.30. The largest absolute Gasteiger partial charge is 0.495 e. The lowest BCUT2D eigenvalue weighted by Gasteiger charge is -2.38. The molecule has 1 N–H and O–H groups in total. The van der Waals surface area contributed by atoms with Crippen LogP contribution in [-0.2, 0) is 4.79 Å². The Morgan fingerprint density at radius 2 is 1.81 bits per heavy atom. The second-order valence-corrected chi connectivity index (χ2v) is 8.02. The molecule has 4 aromatic rings. The van der Waals surface area contributed by atoms with E-state index in [2.05, 4.69) is 20.1 Å². The molecule has 0 unspecified atom stereocenters. The van der Waals surface area contributed by atoms with Crippen molar-refractivity contribution in [2.45, 2.75) is 13.0 Å². The number of hydrogen-bond donors (Lipinski definition) is 1. The van der Waals surface area contributed by atoms with Crippen LogP contribution in [-0.4, -0.2) is 55.1 Å². The van der Waals surface area contributed by atoms with Crippen LogP contribution in [0.15, 0.2) is 65.2 Å². The van der Waals surface area contributed by atoms with Gasteiger partial charge in [-0.25, -0.2) is 4.98 Å². The van der Waals surface area contributed by atoms with Crippen molar-refractivity contribution in [1.29, 1.82) is 0 Å². The highest BCUT2D eigenvalue weighted by Gasteiger charge is 2.27. The van der Waals surface area contributed by atoms with Crippen LogP contribution in [0.25, 0.3) is 21.9 Å². The Bertz CT molecular complexity index is 1250. The van der Waals surface area contributed by atoms with Crippen LogP contribution in [0.1, 0.15) is 6.92 Å². The molecule has 1 amide bonds. The molecule has 1 fully saturated rings. The topological polar surface area (TPSA) is 70.8 Å². The highest BCUT2D eigenvalue weighted by atomic mass is 16.5. The van der Waals surface area contributed by atoms with Gasteiger partial charge in [0.2, 0.25) is 5.91 Å². The van der Waals surface area contributed by atoms with E-state index < -0.39 is 0 Å². The van der Waals surface area contributed by atoms with Crippen molar-refractivity contribution in [2.75, 3.05) is 43.5 Å². The molecule has 1 atom stereocenters. The maximum atomic E-state index is 13.1. The third-order valence-electron chi connectivity index (χ3n) is 6.17. The standard InChI is InChI=1S/C25H26N4O3/c1-17(28-11-13-29(14-12-28)24-9-5-6-10-26-24)25(30)27-20-16-22-19(15-23(20)31-2)18-7-3-4-8-21(18)32-22/h3-10,15-17H,11-14H2,1-2H3,(H,27,30)/t17-/m1/s1. The van der Waals surface area contributed by atoms with Crippen LogP contribution < -0.4 is 15.0 Å². The SMILES string of the molecule is COc1cc2c(cc1NC(=O)[C@@H](C)N1CCN(c3ccccn3)CC1)oc1ccccc12. The van der Waals surface area contributed by atoms with E-state index in [9.17, 15) is 4.79 Å². The number of nitrogens with one attached hydrogen (secondary N) is 1. The summed E-state index contributed by atoms with van der Waals surface area (Å²) >= 11 is 0. The number of anilines is 2. The summed E-state index contributed by atoms with van der Waals surface area (Å²) < 4.78 is 11.6. The Balaban J connectivity index is 1.30. The first-order chi connectivity index (χ1) is 15.6. The van der Waals surface area contributed by atoms with Crippen molar-refractivity contribution in [3.63, 3.8) is 0 Å². The minimum Gasteiger partial charge on any atom is -0.495 e. The monoisotopic (exact) mass is 430 g/mol. The minimum atomic E-state index is -0.267. The Hall–Kier alpha value is -3.58. The summed E-state index contributed by atoms with van der Waals surface area (Å²) in [5.74, 6) is 1.53. The average Bonchev–Trinajstić information content (AvgIpc) is 3.21. The van der Waals surface area contributed by atoms with E-state index in [4.69, 9.17) is 9.15 Å². The number of carbonyl (C=O) groups excluding carboxylic acids is 1. The summed E-state index contributed by atoms with van der Waals surface area (Å²) in [5.41, 5.74) is 2.15. The number of carbonyl (C=O) groups is 1. The van der Waals surface area contributed by atoms with Gasteiger partial charge in [0, 0.05) is 49.2 Å². The molecule has 7 nitrogen and oxygen atoms in total. The van der Waals surface area contributed by atoms with Crippen molar-refractivity contribution in [2.24, 2.45) is 0 Å². The number of piperazine rings is 1. The summed E-state index contributed by atoms with van der Waals surface area (Å²) in [6.07, 6.45) is 1.81. The molecule has 164 valence electrons. The summed E-state index contributed by atoms with van der Waals surface area (Å²) in [7, 11) is 1.61. The zero-order chi connectivity index (χ0) is 22.1. The van der Waals surface area contributed by atoms with Gasteiger partial charge >= 0.3 is 0 Å². The van der Waals surface area contributed by atoms with Gasteiger partial charge in [-0.2, -0.15) is 0 Å². The predicted molar refractivity (Wildman–Crippen MR) is 126 cm³/mol. The Morgan fingerprint density at radius 3 is 2.56 bits per heavy atom. The summed E-state index contributed by atoms with van der Waals surface area (Å²) in [4.78, 5) is 21.9. The fourth-order valence-electron chi connectivity index (χ4n) is 4.30. The maximum Gasteiger partial charge on any atom is 0.241 e. The van der Waals surface area contributed by atoms with E-state index in [-0.39, 0.29) is 11.9 Å². The molecule has 0 radical (unpaired) electrons. The molecule has 2 aromatic carbocycles. The van der Waals surface area contributed by atoms with E-state index in [0.29, 0.717) is 11.4 Å². The normalized spacial score (nSPS) is 15.8. The molecule has 0 aliphatic carbocycles. The Morgan fingerprint density at radius 1 is 1.03 bits per heavy atom. The van der Waals surface area contributed by atoms with Crippen LogP contribution in [0, 0.1) is 0 Å². The molecule has 32 heavy (non-hydrogen) atoms. The second-order valence-electron chi connectivity index (χ2n) is 8.02.